The van der Waals surface area contributed by atoms with Gasteiger partial charge in [-0.25, -0.2) is 14.8 Å². The summed E-state index contributed by atoms with van der Waals surface area (Å²) in [5, 5.41) is 3.19. The molecule has 1 aliphatic rings. The SMILES string of the molecule is CC(C)(C)OC(=O)N1CC[C@@H](CNc2ncccn2)C1. The quantitative estimate of drug-likeness (QED) is 0.917. The van der Waals surface area contributed by atoms with E-state index < -0.39 is 5.60 Å². The Morgan fingerprint density at radius 2 is 2.15 bits per heavy atom. The topological polar surface area (TPSA) is 67.3 Å². The number of likely N-dealkylation sites (tertiary alicyclic amines) is 1. The monoisotopic (exact) mass is 278 g/mol. The molecule has 20 heavy (non-hydrogen) atoms. The van der Waals surface area contributed by atoms with Crippen LogP contribution < -0.4 is 5.32 Å². The summed E-state index contributed by atoms with van der Waals surface area (Å²) in [5.74, 6) is 1.04. The van der Waals surface area contributed by atoms with E-state index >= 15 is 0 Å². The van der Waals surface area contributed by atoms with Gasteiger partial charge in [-0.1, -0.05) is 0 Å². The number of nitrogens with one attached hydrogen (secondary N) is 1. The van der Waals surface area contributed by atoms with Crippen LogP contribution in [0.25, 0.3) is 0 Å². The Morgan fingerprint density at radius 1 is 1.45 bits per heavy atom. The number of aromatic nitrogens is 2. The van der Waals surface area contributed by atoms with Crippen LogP contribution in [0.2, 0.25) is 0 Å². The molecule has 0 radical (unpaired) electrons. The molecule has 0 bridgehead atoms. The van der Waals surface area contributed by atoms with Gasteiger partial charge in [0.05, 0.1) is 0 Å². The van der Waals surface area contributed by atoms with Gasteiger partial charge < -0.3 is 15.0 Å². The van der Waals surface area contributed by atoms with E-state index in [-0.39, 0.29) is 6.09 Å². The van der Waals surface area contributed by atoms with E-state index in [4.69, 9.17) is 4.74 Å². The number of amides is 1. The molecule has 6 nitrogen and oxygen atoms in total. The number of carbonyl (C=O) groups excluding carboxylic acids is 1. The molecule has 0 aliphatic carbocycles. The van der Waals surface area contributed by atoms with Crippen LogP contribution in [0.1, 0.15) is 27.2 Å². The van der Waals surface area contributed by atoms with E-state index in [9.17, 15) is 4.79 Å². The first-order valence-electron chi connectivity index (χ1n) is 6.93. The van der Waals surface area contributed by atoms with E-state index in [0.717, 1.165) is 26.1 Å². The van der Waals surface area contributed by atoms with Crippen LogP contribution >= 0.6 is 0 Å². The van der Waals surface area contributed by atoms with E-state index in [1.807, 2.05) is 20.8 Å². The van der Waals surface area contributed by atoms with Gasteiger partial charge in [0, 0.05) is 32.0 Å². The molecule has 110 valence electrons. The normalized spacial score (nSPS) is 18.9. The summed E-state index contributed by atoms with van der Waals surface area (Å²) in [4.78, 5) is 21.9. The predicted octanol–water partition coefficient (Wildman–Crippen LogP) is 2.15. The molecule has 1 aliphatic heterocycles. The van der Waals surface area contributed by atoms with Gasteiger partial charge in [0.15, 0.2) is 0 Å². The van der Waals surface area contributed by atoms with Crippen LogP contribution in [0.15, 0.2) is 18.5 Å². The molecular formula is C14H22N4O2. The second-order valence-corrected chi connectivity index (χ2v) is 6.03. The molecule has 1 amide bonds. The van der Waals surface area contributed by atoms with E-state index in [1.54, 1.807) is 23.4 Å². The third-order valence-corrected chi connectivity index (χ3v) is 3.05. The Morgan fingerprint density at radius 3 is 2.80 bits per heavy atom. The highest BCUT2D eigenvalue weighted by molar-refractivity contribution is 5.68. The average molecular weight is 278 g/mol. The molecule has 0 unspecified atom stereocenters. The summed E-state index contributed by atoms with van der Waals surface area (Å²) in [5.41, 5.74) is -0.439. The summed E-state index contributed by atoms with van der Waals surface area (Å²) in [6.45, 7) is 7.88. The van der Waals surface area contributed by atoms with Gasteiger partial charge in [-0.3, -0.25) is 0 Å². The molecule has 2 heterocycles. The van der Waals surface area contributed by atoms with Crippen molar-refractivity contribution in [3.05, 3.63) is 18.5 Å². The molecular weight excluding hydrogens is 256 g/mol. The van der Waals surface area contributed by atoms with Crippen molar-refractivity contribution in [3.63, 3.8) is 0 Å². The summed E-state index contributed by atoms with van der Waals surface area (Å²) in [6, 6.07) is 1.78. The minimum Gasteiger partial charge on any atom is -0.444 e. The van der Waals surface area contributed by atoms with Crippen molar-refractivity contribution in [3.8, 4) is 0 Å². The van der Waals surface area contributed by atoms with Gasteiger partial charge in [0.2, 0.25) is 5.95 Å². The molecule has 6 heteroatoms. The molecule has 0 spiro atoms. The Hall–Kier alpha value is -1.85. The standard InChI is InChI=1S/C14H22N4O2/c1-14(2,3)20-13(19)18-8-5-11(10-18)9-17-12-15-6-4-7-16-12/h4,6-7,11H,5,8-10H2,1-3H3,(H,15,16,17)/t11-/m0/s1. The minimum absolute atomic E-state index is 0.226. The van der Waals surface area contributed by atoms with E-state index in [0.29, 0.717) is 11.9 Å². The lowest BCUT2D eigenvalue weighted by Crippen LogP contribution is -2.35. The highest BCUT2D eigenvalue weighted by atomic mass is 16.6. The van der Waals surface area contributed by atoms with Gasteiger partial charge in [-0.05, 0) is 39.2 Å². The molecule has 2 rings (SSSR count). The van der Waals surface area contributed by atoms with Gasteiger partial charge in [0.1, 0.15) is 5.60 Å². The van der Waals surface area contributed by atoms with E-state index in [2.05, 4.69) is 15.3 Å². The Balaban J connectivity index is 1.76. The number of anilines is 1. The molecule has 1 saturated heterocycles. The minimum atomic E-state index is -0.439. The van der Waals surface area contributed by atoms with E-state index in [1.165, 1.54) is 0 Å². The summed E-state index contributed by atoms with van der Waals surface area (Å²) in [7, 11) is 0. The molecule has 0 saturated carbocycles. The van der Waals surface area contributed by atoms with Crippen LogP contribution in [0.3, 0.4) is 0 Å². The Bertz CT molecular complexity index is 444. The third kappa shape index (κ3) is 4.36. The smallest absolute Gasteiger partial charge is 0.410 e. The lowest BCUT2D eigenvalue weighted by molar-refractivity contribution is 0.0289. The fraction of sp³-hybridized carbons (Fsp3) is 0.643. The summed E-state index contributed by atoms with van der Waals surface area (Å²) in [6.07, 6.45) is 4.16. The molecule has 1 aromatic rings. The zero-order valence-electron chi connectivity index (χ0n) is 12.3. The molecule has 1 N–H and O–H groups in total. The maximum atomic E-state index is 11.9. The largest absolute Gasteiger partial charge is 0.444 e. The second-order valence-electron chi connectivity index (χ2n) is 6.03. The van der Waals surface area contributed by atoms with Gasteiger partial charge >= 0.3 is 6.09 Å². The highest BCUT2D eigenvalue weighted by Gasteiger charge is 2.29. The fourth-order valence-electron chi connectivity index (χ4n) is 2.12. The second kappa shape index (κ2) is 6.07. The fourth-order valence-corrected chi connectivity index (χ4v) is 2.12. The lowest BCUT2D eigenvalue weighted by atomic mass is 10.1. The van der Waals surface area contributed by atoms with Crippen molar-refractivity contribution in [1.29, 1.82) is 0 Å². The van der Waals surface area contributed by atoms with Crippen LogP contribution in [0.5, 0.6) is 0 Å². The first kappa shape index (κ1) is 14.6. The van der Waals surface area contributed by atoms with Crippen LogP contribution in [-0.4, -0.2) is 46.2 Å². The molecule has 1 aromatic heterocycles. The number of ether oxygens (including phenoxy) is 1. The van der Waals surface area contributed by atoms with Gasteiger partial charge in [-0.15, -0.1) is 0 Å². The van der Waals surface area contributed by atoms with Crippen LogP contribution in [-0.2, 0) is 4.74 Å². The number of hydrogen-bond donors (Lipinski definition) is 1. The molecule has 1 fully saturated rings. The van der Waals surface area contributed by atoms with Crippen molar-refractivity contribution in [2.45, 2.75) is 32.8 Å². The predicted molar refractivity (Wildman–Crippen MR) is 76.4 cm³/mol. The number of carbonyl (C=O) groups is 1. The Labute approximate surface area is 119 Å². The first-order valence-corrected chi connectivity index (χ1v) is 6.93. The van der Waals surface area contributed by atoms with Crippen molar-refractivity contribution in [2.24, 2.45) is 5.92 Å². The average Bonchev–Trinajstić information content (AvgIpc) is 2.84. The highest BCUT2D eigenvalue weighted by Crippen LogP contribution is 2.19. The molecule has 0 aromatic carbocycles. The van der Waals surface area contributed by atoms with Crippen LogP contribution in [0, 0.1) is 5.92 Å². The van der Waals surface area contributed by atoms with Crippen molar-refractivity contribution >= 4 is 12.0 Å². The maximum Gasteiger partial charge on any atom is 0.410 e. The Kier molecular flexibility index (Phi) is 4.42. The van der Waals surface area contributed by atoms with Crippen molar-refractivity contribution in [2.75, 3.05) is 25.0 Å². The van der Waals surface area contributed by atoms with Gasteiger partial charge in [-0.2, -0.15) is 0 Å². The van der Waals surface area contributed by atoms with Crippen LogP contribution in [0.4, 0.5) is 10.7 Å². The number of hydrogen-bond acceptors (Lipinski definition) is 5. The maximum absolute atomic E-state index is 11.9. The summed E-state index contributed by atoms with van der Waals surface area (Å²) < 4.78 is 5.37. The third-order valence-electron chi connectivity index (χ3n) is 3.05. The zero-order valence-corrected chi connectivity index (χ0v) is 12.3. The van der Waals surface area contributed by atoms with Crippen molar-refractivity contribution < 1.29 is 9.53 Å². The number of nitrogens with zero attached hydrogens (tertiary/aromatic N) is 3. The number of rotatable bonds is 3. The lowest BCUT2D eigenvalue weighted by Gasteiger charge is -2.24. The molecule has 1 atom stereocenters. The van der Waals surface area contributed by atoms with Crippen molar-refractivity contribution in [1.82, 2.24) is 14.9 Å². The zero-order chi connectivity index (χ0) is 14.6. The summed E-state index contributed by atoms with van der Waals surface area (Å²) >= 11 is 0. The first-order chi connectivity index (χ1) is 9.44. The van der Waals surface area contributed by atoms with Gasteiger partial charge in [0.25, 0.3) is 0 Å².